The van der Waals surface area contributed by atoms with Crippen LogP contribution in [0.25, 0.3) is 0 Å². The zero-order valence-electron chi connectivity index (χ0n) is 9.18. The number of aromatic nitrogens is 2. The lowest BCUT2D eigenvalue weighted by atomic mass is 10.1. The number of amides is 1. The number of rotatable bonds is 2. The lowest BCUT2D eigenvalue weighted by Crippen LogP contribution is -2.59. The molecule has 7 nitrogen and oxygen atoms in total. The van der Waals surface area contributed by atoms with Crippen LogP contribution in [0.4, 0.5) is 16.6 Å². The van der Waals surface area contributed by atoms with Crippen molar-refractivity contribution in [1.82, 2.24) is 15.3 Å². The smallest absolute Gasteiger partial charge is 0.407 e. The first-order valence-corrected chi connectivity index (χ1v) is 5.36. The maximum Gasteiger partial charge on any atom is 0.407 e. The molecule has 92 valence electrons. The van der Waals surface area contributed by atoms with Crippen LogP contribution in [0.5, 0.6) is 0 Å². The highest BCUT2D eigenvalue weighted by atomic mass is 35.5. The zero-order valence-corrected chi connectivity index (χ0v) is 9.94. The van der Waals surface area contributed by atoms with Crippen LogP contribution in [0, 0.1) is 0 Å². The number of methoxy groups -OCH3 is 1. The van der Waals surface area contributed by atoms with Crippen molar-refractivity contribution in [3.63, 3.8) is 0 Å². The van der Waals surface area contributed by atoms with Crippen LogP contribution in [0.2, 0.25) is 5.15 Å². The van der Waals surface area contributed by atoms with Gasteiger partial charge < -0.3 is 20.7 Å². The Balaban J connectivity index is 1.93. The summed E-state index contributed by atoms with van der Waals surface area (Å²) in [5.74, 6) is 0.794. The van der Waals surface area contributed by atoms with E-state index in [-0.39, 0.29) is 12.0 Å². The molecule has 1 aromatic heterocycles. The Kier molecular flexibility index (Phi) is 3.19. The van der Waals surface area contributed by atoms with Crippen molar-refractivity contribution in [2.75, 3.05) is 30.8 Å². The van der Waals surface area contributed by atoms with Crippen molar-refractivity contribution in [3.05, 3.63) is 11.2 Å². The fraction of sp³-hybridized carbons (Fsp3) is 0.444. The van der Waals surface area contributed by atoms with Crippen LogP contribution in [0.3, 0.4) is 0 Å². The van der Waals surface area contributed by atoms with E-state index in [4.69, 9.17) is 17.3 Å². The largest absolute Gasteiger partial charge is 0.453 e. The SMILES string of the molecule is COC(=O)NC1CN(c2cc(Cl)nc(N)n2)C1. The monoisotopic (exact) mass is 257 g/mol. The number of nitrogens with zero attached hydrogens (tertiary/aromatic N) is 3. The summed E-state index contributed by atoms with van der Waals surface area (Å²) in [6, 6.07) is 1.68. The number of alkyl carbamates (subject to hydrolysis) is 1. The predicted molar refractivity (Wildman–Crippen MR) is 63.0 cm³/mol. The number of hydrogen-bond donors (Lipinski definition) is 2. The van der Waals surface area contributed by atoms with E-state index in [1.165, 1.54) is 7.11 Å². The highest BCUT2D eigenvalue weighted by molar-refractivity contribution is 6.29. The van der Waals surface area contributed by atoms with Gasteiger partial charge in [-0.15, -0.1) is 0 Å². The van der Waals surface area contributed by atoms with Crippen LogP contribution >= 0.6 is 11.6 Å². The van der Waals surface area contributed by atoms with Crippen molar-refractivity contribution >= 4 is 29.5 Å². The van der Waals surface area contributed by atoms with Crippen LogP contribution in [0.1, 0.15) is 0 Å². The van der Waals surface area contributed by atoms with E-state index < -0.39 is 6.09 Å². The molecule has 1 saturated heterocycles. The Morgan fingerprint density at radius 3 is 2.94 bits per heavy atom. The van der Waals surface area contributed by atoms with E-state index in [2.05, 4.69) is 20.0 Å². The van der Waals surface area contributed by atoms with Crippen molar-refractivity contribution in [1.29, 1.82) is 0 Å². The second-order valence-electron chi connectivity index (χ2n) is 3.64. The molecule has 1 aromatic rings. The topological polar surface area (TPSA) is 93.4 Å². The Morgan fingerprint density at radius 1 is 1.65 bits per heavy atom. The summed E-state index contributed by atoms with van der Waals surface area (Å²) < 4.78 is 4.50. The second-order valence-corrected chi connectivity index (χ2v) is 4.03. The Bertz CT molecular complexity index is 415. The van der Waals surface area contributed by atoms with E-state index in [0.29, 0.717) is 24.1 Å². The molecule has 1 amide bonds. The molecule has 2 rings (SSSR count). The molecule has 1 fully saturated rings. The van der Waals surface area contributed by atoms with Gasteiger partial charge in [-0.1, -0.05) is 11.6 Å². The minimum absolute atomic E-state index is 0.0532. The molecule has 2 heterocycles. The van der Waals surface area contributed by atoms with Crippen LogP contribution in [-0.2, 0) is 4.74 Å². The number of nitrogens with two attached hydrogens (primary N) is 1. The lowest BCUT2D eigenvalue weighted by Gasteiger charge is -2.39. The third kappa shape index (κ3) is 2.68. The second kappa shape index (κ2) is 4.62. The van der Waals surface area contributed by atoms with E-state index in [0.717, 1.165) is 0 Å². The summed E-state index contributed by atoms with van der Waals surface area (Å²) in [7, 11) is 1.33. The fourth-order valence-corrected chi connectivity index (χ4v) is 1.75. The molecule has 8 heteroatoms. The van der Waals surface area contributed by atoms with Gasteiger partial charge in [-0.25, -0.2) is 9.78 Å². The average molecular weight is 258 g/mol. The van der Waals surface area contributed by atoms with E-state index in [1.807, 2.05) is 4.90 Å². The summed E-state index contributed by atoms with van der Waals surface area (Å²) in [5, 5.41) is 2.99. The van der Waals surface area contributed by atoms with E-state index in [1.54, 1.807) is 6.07 Å². The minimum atomic E-state index is -0.435. The van der Waals surface area contributed by atoms with Gasteiger partial charge in [0.15, 0.2) is 0 Å². The first-order valence-electron chi connectivity index (χ1n) is 4.98. The number of carbonyl (C=O) groups is 1. The van der Waals surface area contributed by atoms with Crippen molar-refractivity contribution in [3.8, 4) is 0 Å². The number of ether oxygens (including phenoxy) is 1. The third-order valence-electron chi connectivity index (χ3n) is 2.41. The molecule has 0 aliphatic carbocycles. The Hall–Kier alpha value is -1.76. The summed E-state index contributed by atoms with van der Waals surface area (Å²) in [6.07, 6.45) is -0.435. The molecule has 0 aromatic carbocycles. The minimum Gasteiger partial charge on any atom is -0.453 e. The van der Waals surface area contributed by atoms with Crippen LogP contribution in [0.15, 0.2) is 6.07 Å². The summed E-state index contributed by atoms with van der Waals surface area (Å²) in [5.41, 5.74) is 5.49. The van der Waals surface area contributed by atoms with Gasteiger partial charge >= 0.3 is 6.09 Å². The summed E-state index contributed by atoms with van der Waals surface area (Å²) in [6.45, 7) is 1.28. The standard InChI is InChI=1S/C9H12ClN5O2/c1-17-9(16)12-5-3-15(4-5)7-2-6(10)13-8(11)14-7/h2,5H,3-4H2,1H3,(H,12,16)(H2,11,13,14). The van der Waals surface area contributed by atoms with Gasteiger partial charge in [-0.05, 0) is 0 Å². The number of nitrogen functional groups attached to an aromatic ring is 1. The maximum atomic E-state index is 10.9. The van der Waals surface area contributed by atoms with Gasteiger partial charge in [0.25, 0.3) is 0 Å². The lowest BCUT2D eigenvalue weighted by molar-refractivity contribution is 0.164. The molecule has 0 bridgehead atoms. The first-order chi connectivity index (χ1) is 8.08. The van der Waals surface area contributed by atoms with Crippen LogP contribution in [-0.4, -0.2) is 42.3 Å². The molecular weight excluding hydrogens is 246 g/mol. The summed E-state index contributed by atoms with van der Waals surface area (Å²) in [4.78, 5) is 20.7. The third-order valence-corrected chi connectivity index (χ3v) is 2.61. The number of nitrogens with one attached hydrogen (secondary N) is 1. The molecule has 3 N–H and O–H groups in total. The van der Waals surface area contributed by atoms with Gasteiger partial charge in [-0.3, -0.25) is 0 Å². The van der Waals surface area contributed by atoms with Gasteiger partial charge in [0, 0.05) is 19.2 Å². The summed E-state index contributed by atoms with van der Waals surface area (Å²) >= 11 is 5.77. The normalized spacial score (nSPS) is 15.3. The number of hydrogen-bond acceptors (Lipinski definition) is 6. The van der Waals surface area contributed by atoms with E-state index in [9.17, 15) is 4.79 Å². The molecule has 0 spiro atoms. The van der Waals surface area contributed by atoms with Crippen molar-refractivity contribution in [2.45, 2.75) is 6.04 Å². The van der Waals surface area contributed by atoms with Gasteiger partial charge in [0.1, 0.15) is 11.0 Å². The number of anilines is 2. The fourth-order valence-electron chi connectivity index (χ4n) is 1.57. The van der Waals surface area contributed by atoms with Gasteiger partial charge in [0.05, 0.1) is 13.2 Å². The van der Waals surface area contributed by atoms with Gasteiger partial charge in [0.2, 0.25) is 5.95 Å². The van der Waals surface area contributed by atoms with E-state index >= 15 is 0 Å². The Labute approximate surface area is 103 Å². The quantitative estimate of drug-likeness (QED) is 0.738. The molecule has 1 aliphatic rings. The molecule has 0 unspecified atom stereocenters. The molecule has 0 saturated carbocycles. The average Bonchev–Trinajstić information content (AvgIpc) is 2.20. The highest BCUT2D eigenvalue weighted by Gasteiger charge is 2.29. The maximum absolute atomic E-state index is 10.9. The Morgan fingerprint density at radius 2 is 2.35 bits per heavy atom. The first kappa shape index (κ1) is 11.7. The van der Waals surface area contributed by atoms with Gasteiger partial charge in [-0.2, -0.15) is 4.98 Å². The van der Waals surface area contributed by atoms with Crippen molar-refractivity contribution in [2.24, 2.45) is 0 Å². The predicted octanol–water partition coefficient (Wildman–Crippen LogP) is 0.257. The van der Waals surface area contributed by atoms with Crippen LogP contribution < -0.4 is 16.0 Å². The number of carbonyl (C=O) groups excluding carboxylic acids is 1. The zero-order chi connectivity index (χ0) is 12.4. The van der Waals surface area contributed by atoms with Crippen molar-refractivity contribution < 1.29 is 9.53 Å². The molecule has 17 heavy (non-hydrogen) atoms. The highest BCUT2D eigenvalue weighted by Crippen LogP contribution is 2.21. The molecule has 0 atom stereocenters. The number of halogens is 1. The molecular formula is C9H12ClN5O2. The molecule has 0 radical (unpaired) electrons. The molecule has 1 aliphatic heterocycles.